The van der Waals surface area contributed by atoms with Gasteiger partial charge in [-0.25, -0.2) is 0 Å². The van der Waals surface area contributed by atoms with Crippen LogP contribution in [0.5, 0.6) is 0 Å². The van der Waals surface area contributed by atoms with Crippen LogP contribution in [0.4, 0.5) is 0 Å². The minimum atomic E-state index is 1.25. The summed E-state index contributed by atoms with van der Waals surface area (Å²) in [5.74, 6) is 0. The predicted octanol–water partition coefficient (Wildman–Crippen LogP) is 15.9. The van der Waals surface area contributed by atoms with Crippen molar-refractivity contribution < 1.29 is 0 Å². The van der Waals surface area contributed by atoms with E-state index in [-0.39, 0.29) is 0 Å². The Labute approximate surface area is 286 Å². The molecule has 0 saturated carbocycles. The van der Waals surface area contributed by atoms with Crippen molar-refractivity contribution in [2.24, 2.45) is 0 Å². The Morgan fingerprint density at radius 3 is 1.52 bits per heavy atom. The van der Waals surface area contributed by atoms with Gasteiger partial charge in [-0.15, -0.1) is 45.3 Å². The molecule has 0 saturated heterocycles. The highest BCUT2D eigenvalue weighted by Gasteiger charge is 2.20. The van der Waals surface area contributed by atoms with Crippen molar-refractivity contribution in [3.8, 4) is 30.6 Å². The van der Waals surface area contributed by atoms with Gasteiger partial charge in [-0.05, 0) is 76.5 Å². The third-order valence-corrected chi connectivity index (χ3v) is 13.1. The van der Waals surface area contributed by atoms with Gasteiger partial charge < -0.3 is 0 Å². The van der Waals surface area contributed by atoms with E-state index < -0.39 is 0 Å². The van der Waals surface area contributed by atoms with Crippen molar-refractivity contribution in [1.82, 2.24) is 0 Å². The first-order valence-electron chi connectivity index (χ1n) is 18.1. The Hall–Kier alpha value is -1.20. The second-order valence-electron chi connectivity index (χ2n) is 12.7. The fraction of sp³-hybridized carbons (Fsp3) is 0.600. The summed E-state index contributed by atoms with van der Waals surface area (Å²) >= 11 is 7.75. The number of hydrogen-bond donors (Lipinski definition) is 0. The lowest BCUT2D eigenvalue weighted by Gasteiger charge is -2.10. The van der Waals surface area contributed by atoms with Crippen molar-refractivity contribution in [2.45, 2.75) is 155 Å². The van der Waals surface area contributed by atoms with Crippen molar-refractivity contribution in [1.29, 1.82) is 0 Å². The standard InChI is InChI=1S/C40H58S4/c1-3-5-7-9-11-13-15-17-19-21-24-33-32-44-39(34(33)25-22-20-18-16-14-12-10-8-6-4-2)40-36(28-31-43-40)38-35(27-30-42-38)37-26-23-29-41-37/h23,26-32H,3-22,24-25H2,1-2H3. The molecule has 0 atom stereocenters. The molecule has 0 radical (unpaired) electrons. The van der Waals surface area contributed by atoms with Gasteiger partial charge in [0.25, 0.3) is 0 Å². The summed E-state index contributed by atoms with van der Waals surface area (Å²) in [7, 11) is 0. The monoisotopic (exact) mass is 666 g/mol. The minimum absolute atomic E-state index is 1.25. The summed E-state index contributed by atoms with van der Waals surface area (Å²) in [6.07, 6.45) is 30.7. The topological polar surface area (TPSA) is 0 Å². The molecule has 44 heavy (non-hydrogen) atoms. The molecular formula is C40H58S4. The van der Waals surface area contributed by atoms with Gasteiger partial charge in [0.05, 0.1) is 4.88 Å². The average molecular weight is 667 g/mol. The normalized spacial score (nSPS) is 11.6. The molecule has 0 unspecified atom stereocenters. The molecule has 0 N–H and O–H groups in total. The molecule has 0 aromatic carbocycles. The quantitative estimate of drug-likeness (QED) is 0.0618. The molecule has 4 heterocycles. The average Bonchev–Trinajstić information content (AvgIpc) is 3.86. The van der Waals surface area contributed by atoms with Crippen LogP contribution in [0.3, 0.4) is 0 Å². The lowest BCUT2D eigenvalue weighted by molar-refractivity contribution is 0.553. The molecule has 4 heteroatoms. The molecular weight excluding hydrogens is 609 g/mol. The summed E-state index contributed by atoms with van der Waals surface area (Å²) in [6, 6.07) is 9.16. The fourth-order valence-corrected chi connectivity index (χ4v) is 10.6. The molecule has 4 rings (SSSR count). The van der Waals surface area contributed by atoms with E-state index in [9.17, 15) is 0 Å². The summed E-state index contributed by atoms with van der Waals surface area (Å²) in [6.45, 7) is 4.62. The first kappa shape index (κ1) is 35.7. The highest BCUT2D eigenvalue weighted by Crippen LogP contribution is 2.48. The van der Waals surface area contributed by atoms with E-state index in [1.807, 2.05) is 45.3 Å². The van der Waals surface area contributed by atoms with Crippen LogP contribution in [0, 0.1) is 0 Å². The number of aryl methyl sites for hydroxylation is 1. The molecule has 4 aromatic heterocycles. The Morgan fingerprint density at radius 1 is 0.432 bits per heavy atom. The van der Waals surface area contributed by atoms with Crippen LogP contribution < -0.4 is 0 Å². The predicted molar refractivity (Wildman–Crippen MR) is 205 cm³/mol. The van der Waals surface area contributed by atoms with Crippen molar-refractivity contribution >= 4 is 45.3 Å². The summed E-state index contributed by atoms with van der Waals surface area (Å²) < 4.78 is 0. The summed E-state index contributed by atoms with van der Waals surface area (Å²) in [4.78, 5) is 5.90. The molecule has 0 aliphatic heterocycles. The van der Waals surface area contributed by atoms with Crippen molar-refractivity contribution in [3.63, 3.8) is 0 Å². The second kappa shape index (κ2) is 21.6. The van der Waals surface area contributed by atoms with Gasteiger partial charge in [0.15, 0.2) is 0 Å². The van der Waals surface area contributed by atoms with E-state index in [0.717, 1.165) is 0 Å². The highest BCUT2D eigenvalue weighted by atomic mass is 32.1. The van der Waals surface area contributed by atoms with E-state index >= 15 is 0 Å². The maximum Gasteiger partial charge on any atom is 0.0532 e. The smallest absolute Gasteiger partial charge is 0.0532 e. The van der Waals surface area contributed by atoms with Gasteiger partial charge >= 0.3 is 0 Å². The lowest BCUT2D eigenvalue weighted by Crippen LogP contribution is -1.94. The van der Waals surface area contributed by atoms with Crippen LogP contribution >= 0.6 is 45.3 Å². The van der Waals surface area contributed by atoms with E-state index in [0.29, 0.717) is 0 Å². The molecule has 0 fully saturated rings. The molecule has 0 bridgehead atoms. The molecule has 0 aliphatic carbocycles. The number of hydrogen-bond acceptors (Lipinski definition) is 4. The lowest BCUT2D eigenvalue weighted by atomic mass is 9.96. The van der Waals surface area contributed by atoms with Crippen LogP contribution in [0.1, 0.15) is 153 Å². The third-order valence-electron chi connectivity index (χ3n) is 9.13. The molecule has 242 valence electrons. The first-order valence-corrected chi connectivity index (χ1v) is 21.6. The van der Waals surface area contributed by atoms with Gasteiger partial charge in [-0.1, -0.05) is 135 Å². The van der Waals surface area contributed by atoms with Gasteiger partial charge in [0.2, 0.25) is 0 Å². The number of unbranched alkanes of at least 4 members (excludes halogenated alkanes) is 18. The zero-order valence-electron chi connectivity index (χ0n) is 27.8. The van der Waals surface area contributed by atoms with Crippen molar-refractivity contribution in [3.05, 3.63) is 56.9 Å². The highest BCUT2D eigenvalue weighted by molar-refractivity contribution is 7.22. The maximum atomic E-state index is 2.53. The van der Waals surface area contributed by atoms with Crippen LogP contribution in [0.15, 0.2) is 45.8 Å². The SMILES string of the molecule is CCCCCCCCCCCCc1csc(-c2sccc2-c2sccc2-c2cccs2)c1CCCCCCCCCCCC. The van der Waals surface area contributed by atoms with E-state index in [1.165, 1.54) is 167 Å². The Morgan fingerprint density at radius 2 is 0.955 bits per heavy atom. The van der Waals surface area contributed by atoms with Crippen molar-refractivity contribution in [2.75, 3.05) is 0 Å². The molecule has 0 amide bonds. The fourth-order valence-electron chi connectivity index (χ4n) is 6.49. The van der Waals surface area contributed by atoms with Crippen LogP contribution in [0.2, 0.25) is 0 Å². The molecule has 0 nitrogen and oxygen atoms in total. The number of rotatable bonds is 25. The summed E-state index contributed by atoms with van der Waals surface area (Å²) in [5, 5.41) is 9.35. The van der Waals surface area contributed by atoms with Gasteiger partial charge in [-0.3, -0.25) is 0 Å². The van der Waals surface area contributed by atoms with E-state index in [4.69, 9.17) is 0 Å². The Kier molecular flexibility index (Phi) is 17.5. The second-order valence-corrected chi connectivity index (χ2v) is 16.4. The zero-order valence-corrected chi connectivity index (χ0v) is 31.1. The molecule has 0 spiro atoms. The molecule has 4 aromatic rings. The molecule has 0 aliphatic rings. The summed E-state index contributed by atoms with van der Waals surface area (Å²) in [5.41, 5.74) is 6.20. The van der Waals surface area contributed by atoms with Gasteiger partial charge in [0.1, 0.15) is 0 Å². The third kappa shape index (κ3) is 11.6. The maximum absolute atomic E-state index is 2.53. The minimum Gasteiger partial charge on any atom is -0.144 e. The number of thiophene rings is 4. The van der Waals surface area contributed by atoms with Crippen LogP contribution in [-0.2, 0) is 12.8 Å². The zero-order chi connectivity index (χ0) is 30.7. The van der Waals surface area contributed by atoms with Gasteiger partial charge in [0, 0.05) is 25.8 Å². The Balaban J connectivity index is 1.36. The van der Waals surface area contributed by atoms with Crippen LogP contribution in [-0.4, -0.2) is 0 Å². The van der Waals surface area contributed by atoms with Crippen LogP contribution in [0.25, 0.3) is 30.6 Å². The first-order chi connectivity index (χ1) is 21.8. The van der Waals surface area contributed by atoms with E-state index in [1.54, 1.807) is 16.0 Å². The Bertz CT molecular complexity index is 1250. The van der Waals surface area contributed by atoms with E-state index in [2.05, 4.69) is 59.6 Å². The largest absolute Gasteiger partial charge is 0.144 e. The van der Waals surface area contributed by atoms with Gasteiger partial charge in [-0.2, -0.15) is 0 Å².